The van der Waals surface area contributed by atoms with Gasteiger partial charge in [-0.15, -0.1) is 0 Å². The summed E-state index contributed by atoms with van der Waals surface area (Å²) < 4.78 is 16.7. The molecule has 1 saturated carbocycles. The number of rotatable bonds is 10. The first-order valence-electron chi connectivity index (χ1n) is 8.81. The first kappa shape index (κ1) is 20.0. The fraction of sp³-hybridized carbons (Fsp3) is 0.632. The van der Waals surface area contributed by atoms with Crippen molar-refractivity contribution in [3.05, 3.63) is 23.2 Å². The van der Waals surface area contributed by atoms with Gasteiger partial charge in [0.15, 0.2) is 0 Å². The SMILES string of the molecule is CCCO[C@@](C)(C(=O)Nc1ccc(O[C@H](C)COC)c(Cl)c1)C1CC1. The smallest absolute Gasteiger partial charge is 0.256 e. The highest BCUT2D eigenvalue weighted by Gasteiger charge is 2.48. The van der Waals surface area contributed by atoms with Crippen molar-refractivity contribution in [2.45, 2.75) is 51.7 Å². The lowest BCUT2D eigenvalue weighted by molar-refractivity contribution is -0.142. The molecule has 0 heterocycles. The molecule has 0 bridgehead atoms. The van der Waals surface area contributed by atoms with Gasteiger partial charge in [-0.3, -0.25) is 4.79 Å². The number of hydrogen-bond acceptors (Lipinski definition) is 4. The Labute approximate surface area is 155 Å². The van der Waals surface area contributed by atoms with Crippen LogP contribution in [0.25, 0.3) is 0 Å². The van der Waals surface area contributed by atoms with Crippen molar-refractivity contribution in [3.8, 4) is 5.75 Å². The Balaban J connectivity index is 2.04. The van der Waals surface area contributed by atoms with Crippen LogP contribution in [0.2, 0.25) is 5.02 Å². The number of nitrogens with one attached hydrogen (secondary N) is 1. The minimum Gasteiger partial charge on any atom is -0.487 e. The van der Waals surface area contributed by atoms with E-state index in [9.17, 15) is 4.79 Å². The molecular formula is C19H28ClNO4. The van der Waals surface area contributed by atoms with E-state index in [1.165, 1.54) is 0 Å². The highest BCUT2D eigenvalue weighted by molar-refractivity contribution is 6.32. The molecule has 0 radical (unpaired) electrons. The average molecular weight is 370 g/mol. The molecule has 0 unspecified atom stereocenters. The zero-order chi connectivity index (χ0) is 18.4. The second-order valence-corrected chi connectivity index (χ2v) is 7.12. The van der Waals surface area contributed by atoms with Crippen molar-refractivity contribution in [2.75, 3.05) is 25.6 Å². The predicted molar refractivity (Wildman–Crippen MR) is 99.4 cm³/mol. The zero-order valence-electron chi connectivity index (χ0n) is 15.4. The molecule has 140 valence electrons. The van der Waals surface area contributed by atoms with Crippen molar-refractivity contribution in [3.63, 3.8) is 0 Å². The second-order valence-electron chi connectivity index (χ2n) is 6.71. The molecule has 1 aromatic carbocycles. The summed E-state index contributed by atoms with van der Waals surface area (Å²) in [7, 11) is 1.62. The molecule has 2 rings (SSSR count). The Morgan fingerprint density at radius 2 is 2.16 bits per heavy atom. The number of halogens is 1. The summed E-state index contributed by atoms with van der Waals surface area (Å²) in [6, 6.07) is 5.23. The number of carbonyl (C=O) groups excluding carboxylic acids is 1. The highest BCUT2D eigenvalue weighted by atomic mass is 35.5. The number of hydrogen-bond donors (Lipinski definition) is 1. The minimum absolute atomic E-state index is 0.108. The third kappa shape index (κ3) is 5.33. The highest BCUT2D eigenvalue weighted by Crippen LogP contribution is 2.42. The first-order chi connectivity index (χ1) is 11.9. The maximum atomic E-state index is 12.8. The monoisotopic (exact) mass is 369 g/mol. The van der Waals surface area contributed by atoms with Crippen LogP contribution in [0.15, 0.2) is 18.2 Å². The molecule has 5 nitrogen and oxygen atoms in total. The molecule has 6 heteroatoms. The van der Waals surface area contributed by atoms with E-state index in [-0.39, 0.29) is 17.9 Å². The normalized spacial score (nSPS) is 17.6. The number of benzene rings is 1. The Hall–Kier alpha value is -1.30. The fourth-order valence-corrected chi connectivity index (χ4v) is 2.96. The number of carbonyl (C=O) groups is 1. The standard InChI is InChI=1S/C19H28ClNO4/c1-5-10-24-19(3,14-6-7-14)18(22)21-15-8-9-17(16(20)11-15)25-13(2)12-23-4/h8-9,11,13-14H,5-7,10,12H2,1-4H3,(H,21,22)/t13-,19-/m1/s1. The van der Waals surface area contributed by atoms with Crippen molar-refractivity contribution in [1.82, 2.24) is 0 Å². The van der Waals surface area contributed by atoms with E-state index in [1.807, 2.05) is 20.8 Å². The molecule has 1 fully saturated rings. The molecule has 1 N–H and O–H groups in total. The summed E-state index contributed by atoms with van der Waals surface area (Å²) in [6.07, 6.45) is 2.83. The third-order valence-corrected chi connectivity index (χ3v) is 4.63. The van der Waals surface area contributed by atoms with Gasteiger partial charge in [0.05, 0.1) is 11.6 Å². The van der Waals surface area contributed by atoms with E-state index < -0.39 is 5.60 Å². The van der Waals surface area contributed by atoms with Gasteiger partial charge in [-0.25, -0.2) is 0 Å². The lowest BCUT2D eigenvalue weighted by Crippen LogP contribution is -2.45. The molecule has 1 aromatic rings. The van der Waals surface area contributed by atoms with E-state index >= 15 is 0 Å². The van der Waals surface area contributed by atoms with Crippen molar-refractivity contribution in [1.29, 1.82) is 0 Å². The Morgan fingerprint density at radius 3 is 2.72 bits per heavy atom. The molecule has 0 aromatic heterocycles. The maximum Gasteiger partial charge on any atom is 0.256 e. The maximum absolute atomic E-state index is 12.8. The summed E-state index contributed by atoms with van der Waals surface area (Å²) in [6.45, 7) is 6.87. The first-order valence-corrected chi connectivity index (χ1v) is 9.19. The van der Waals surface area contributed by atoms with Gasteiger partial charge >= 0.3 is 0 Å². The summed E-state index contributed by atoms with van der Waals surface area (Å²) >= 11 is 6.28. The fourth-order valence-electron chi connectivity index (χ4n) is 2.73. The molecule has 0 aliphatic heterocycles. The topological polar surface area (TPSA) is 56.8 Å². The van der Waals surface area contributed by atoms with E-state index in [0.29, 0.717) is 29.7 Å². The van der Waals surface area contributed by atoms with Crippen molar-refractivity contribution >= 4 is 23.2 Å². The Morgan fingerprint density at radius 1 is 1.44 bits per heavy atom. The Kier molecular flexibility index (Phi) is 7.11. The van der Waals surface area contributed by atoms with Crippen molar-refractivity contribution in [2.24, 2.45) is 5.92 Å². The van der Waals surface area contributed by atoms with Crippen molar-refractivity contribution < 1.29 is 19.0 Å². The predicted octanol–water partition coefficient (Wildman–Crippen LogP) is 4.29. The molecule has 2 atom stereocenters. The number of anilines is 1. The number of ether oxygens (including phenoxy) is 3. The van der Waals surface area contributed by atoms with Crippen LogP contribution in [0, 0.1) is 5.92 Å². The van der Waals surface area contributed by atoms with Gasteiger partial charge in [-0.2, -0.15) is 0 Å². The zero-order valence-corrected chi connectivity index (χ0v) is 16.2. The molecule has 0 saturated heterocycles. The van der Waals surface area contributed by atoms with E-state index in [0.717, 1.165) is 19.3 Å². The van der Waals surface area contributed by atoms with Crippen LogP contribution < -0.4 is 10.1 Å². The van der Waals surface area contributed by atoms with E-state index in [2.05, 4.69) is 5.32 Å². The van der Waals surface area contributed by atoms with Crippen LogP contribution in [0.1, 0.15) is 40.0 Å². The summed E-state index contributed by atoms with van der Waals surface area (Å²) in [5, 5.41) is 3.38. The van der Waals surface area contributed by atoms with Crippen LogP contribution >= 0.6 is 11.6 Å². The van der Waals surface area contributed by atoms with Gasteiger partial charge in [-0.05, 0) is 57.2 Å². The molecule has 1 amide bonds. The van der Waals surface area contributed by atoms with Gasteiger partial charge in [-0.1, -0.05) is 18.5 Å². The summed E-state index contributed by atoms with van der Waals surface area (Å²) in [5.41, 5.74) is -0.154. The van der Waals surface area contributed by atoms with Crippen LogP contribution in [-0.2, 0) is 14.3 Å². The van der Waals surface area contributed by atoms with Gasteiger partial charge < -0.3 is 19.5 Å². The van der Waals surface area contributed by atoms with Crippen LogP contribution in [-0.4, -0.2) is 37.9 Å². The molecule has 1 aliphatic carbocycles. The van der Waals surface area contributed by atoms with E-state index in [1.54, 1.807) is 25.3 Å². The summed E-state index contributed by atoms with van der Waals surface area (Å²) in [4.78, 5) is 12.8. The largest absolute Gasteiger partial charge is 0.487 e. The molecule has 0 spiro atoms. The third-order valence-electron chi connectivity index (χ3n) is 4.33. The molecule has 1 aliphatic rings. The van der Waals surface area contributed by atoms with Gasteiger partial charge in [0.1, 0.15) is 17.5 Å². The Bertz CT molecular complexity index is 591. The van der Waals surface area contributed by atoms with Gasteiger partial charge in [0.25, 0.3) is 5.91 Å². The quantitative estimate of drug-likeness (QED) is 0.668. The van der Waals surface area contributed by atoms with Crippen LogP contribution in [0.4, 0.5) is 5.69 Å². The number of methoxy groups -OCH3 is 1. The second kappa shape index (κ2) is 8.88. The van der Waals surface area contributed by atoms with Gasteiger partial charge in [0.2, 0.25) is 0 Å². The summed E-state index contributed by atoms with van der Waals surface area (Å²) in [5.74, 6) is 0.726. The lowest BCUT2D eigenvalue weighted by Gasteiger charge is -2.28. The molecule has 25 heavy (non-hydrogen) atoms. The lowest BCUT2D eigenvalue weighted by atomic mass is 9.98. The average Bonchev–Trinajstić information content (AvgIpc) is 3.40. The van der Waals surface area contributed by atoms with Crippen LogP contribution in [0.5, 0.6) is 5.75 Å². The minimum atomic E-state index is -0.787. The van der Waals surface area contributed by atoms with E-state index in [4.69, 9.17) is 25.8 Å². The van der Waals surface area contributed by atoms with Crippen LogP contribution in [0.3, 0.4) is 0 Å². The number of amides is 1. The molecular weight excluding hydrogens is 342 g/mol. The van der Waals surface area contributed by atoms with Gasteiger partial charge in [0, 0.05) is 19.4 Å².